The van der Waals surface area contributed by atoms with Gasteiger partial charge in [0.05, 0.1) is 17.4 Å². The van der Waals surface area contributed by atoms with Crippen molar-refractivity contribution in [3.05, 3.63) is 58.9 Å². The Labute approximate surface area is 155 Å². The van der Waals surface area contributed by atoms with E-state index in [9.17, 15) is 18.0 Å². The first-order valence-corrected chi connectivity index (χ1v) is 9.11. The van der Waals surface area contributed by atoms with Gasteiger partial charge >= 0.3 is 6.18 Å². The van der Waals surface area contributed by atoms with Gasteiger partial charge in [-0.05, 0) is 61.7 Å². The van der Waals surface area contributed by atoms with Gasteiger partial charge in [0, 0.05) is 24.8 Å². The van der Waals surface area contributed by atoms with Gasteiger partial charge in [0.25, 0.3) is 5.91 Å². The zero-order chi connectivity index (χ0) is 19.0. The number of alkyl halides is 3. The molecule has 2 aliphatic heterocycles. The smallest absolute Gasteiger partial charge is 0.306 e. The maximum Gasteiger partial charge on any atom is 0.416 e. The molecule has 1 aromatic carbocycles. The number of aromatic nitrogens is 1. The number of rotatable bonds is 3. The fraction of sp³-hybridized carbons (Fsp3) is 0.400. The molecule has 4 nitrogen and oxygen atoms in total. The molecule has 0 saturated carbocycles. The highest BCUT2D eigenvalue weighted by Gasteiger charge is 2.34. The minimum absolute atomic E-state index is 0.132. The number of amides is 1. The van der Waals surface area contributed by atoms with Crippen LogP contribution in [-0.4, -0.2) is 35.4 Å². The molecule has 2 aliphatic rings. The minimum atomic E-state index is -4.47. The van der Waals surface area contributed by atoms with Crippen molar-refractivity contribution in [3.8, 4) is 0 Å². The van der Waals surface area contributed by atoms with Gasteiger partial charge in [-0.2, -0.15) is 13.2 Å². The van der Waals surface area contributed by atoms with Crippen molar-refractivity contribution < 1.29 is 18.0 Å². The number of carbonyl (C=O) groups excluding carboxylic acids is 1. The Kier molecular flexibility index (Phi) is 4.63. The van der Waals surface area contributed by atoms with E-state index < -0.39 is 17.6 Å². The number of benzene rings is 1. The Balaban J connectivity index is 1.66. The number of fused-ring (bicyclic) bond motifs is 1. The third-order valence-electron chi connectivity index (χ3n) is 5.29. The van der Waals surface area contributed by atoms with E-state index in [0.717, 1.165) is 50.2 Å². The molecule has 142 valence electrons. The Hall–Kier alpha value is -2.41. The summed E-state index contributed by atoms with van der Waals surface area (Å²) < 4.78 is 39.2. The molecular formula is C20H20F3N3O. The van der Waals surface area contributed by atoms with Crippen LogP contribution >= 0.6 is 0 Å². The predicted molar refractivity (Wildman–Crippen MR) is 95.6 cm³/mol. The number of pyridine rings is 1. The van der Waals surface area contributed by atoms with Crippen molar-refractivity contribution in [2.75, 3.05) is 24.5 Å². The largest absolute Gasteiger partial charge is 0.416 e. The molecule has 7 heteroatoms. The monoisotopic (exact) mass is 375 g/mol. The van der Waals surface area contributed by atoms with Crippen LogP contribution in [0.4, 0.5) is 18.9 Å². The van der Waals surface area contributed by atoms with E-state index in [-0.39, 0.29) is 5.56 Å². The quantitative estimate of drug-likeness (QED) is 0.817. The molecule has 2 aromatic rings. The molecule has 0 N–H and O–H groups in total. The van der Waals surface area contributed by atoms with Crippen LogP contribution < -0.4 is 4.90 Å². The first kappa shape index (κ1) is 18.0. The molecule has 1 aromatic heterocycles. The molecule has 1 fully saturated rings. The van der Waals surface area contributed by atoms with E-state index in [1.807, 2.05) is 6.07 Å². The van der Waals surface area contributed by atoms with Crippen molar-refractivity contribution in [2.24, 2.45) is 0 Å². The highest BCUT2D eigenvalue weighted by molar-refractivity contribution is 6.08. The molecule has 0 bridgehead atoms. The summed E-state index contributed by atoms with van der Waals surface area (Å²) in [5.74, 6) is -0.391. The van der Waals surface area contributed by atoms with Gasteiger partial charge in [-0.1, -0.05) is 6.07 Å². The molecule has 0 atom stereocenters. The van der Waals surface area contributed by atoms with Crippen molar-refractivity contribution in [2.45, 2.75) is 32.0 Å². The first-order valence-electron chi connectivity index (χ1n) is 9.11. The highest BCUT2D eigenvalue weighted by atomic mass is 19.4. The van der Waals surface area contributed by atoms with Crippen LogP contribution in [0.5, 0.6) is 0 Å². The second-order valence-electron chi connectivity index (χ2n) is 7.06. The molecule has 3 heterocycles. The number of hydrogen-bond donors (Lipinski definition) is 0. The predicted octanol–water partition coefficient (Wildman–Crippen LogP) is 3.90. The molecule has 0 radical (unpaired) electrons. The average Bonchev–Trinajstić information content (AvgIpc) is 3.15. The molecule has 0 unspecified atom stereocenters. The molecule has 1 saturated heterocycles. The number of carbonyl (C=O) groups is 1. The van der Waals surface area contributed by atoms with Crippen molar-refractivity contribution in [1.29, 1.82) is 0 Å². The van der Waals surface area contributed by atoms with Crippen molar-refractivity contribution in [1.82, 2.24) is 9.88 Å². The van der Waals surface area contributed by atoms with Crippen LogP contribution in [0.25, 0.3) is 0 Å². The van der Waals surface area contributed by atoms with E-state index in [1.54, 1.807) is 17.3 Å². The highest BCUT2D eigenvalue weighted by Crippen LogP contribution is 2.34. The maximum atomic E-state index is 13.1. The average molecular weight is 375 g/mol. The van der Waals surface area contributed by atoms with Gasteiger partial charge in [0.2, 0.25) is 0 Å². The Morgan fingerprint density at radius 2 is 1.85 bits per heavy atom. The van der Waals surface area contributed by atoms with Gasteiger partial charge in [0.15, 0.2) is 0 Å². The van der Waals surface area contributed by atoms with Crippen molar-refractivity contribution in [3.63, 3.8) is 0 Å². The lowest BCUT2D eigenvalue weighted by molar-refractivity contribution is -0.137. The van der Waals surface area contributed by atoms with Gasteiger partial charge in [0.1, 0.15) is 0 Å². The second-order valence-corrected chi connectivity index (χ2v) is 7.06. The minimum Gasteiger partial charge on any atom is -0.306 e. The van der Waals surface area contributed by atoms with Gasteiger partial charge in [-0.25, -0.2) is 0 Å². The molecular weight excluding hydrogens is 355 g/mol. The summed E-state index contributed by atoms with van der Waals surface area (Å²) in [5, 5.41) is 0. The number of nitrogens with zero attached hydrogens (tertiary/aromatic N) is 3. The molecule has 27 heavy (non-hydrogen) atoms. The normalized spacial score (nSPS) is 18.0. The molecule has 0 aliphatic carbocycles. The van der Waals surface area contributed by atoms with E-state index in [2.05, 4.69) is 9.88 Å². The molecule has 1 amide bonds. The number of anilines is 1. The van der Waals surface area contributed by atoms with Gasteiger partial charge < -0.3 is 4.90 Å². The standard InChI is InChI=1S/C20H20F3N3O/c21-20(22,23)16-4-3-14-6-10-26(19(27)17(14)11-16)18-12-24-7-5-15(18)13-25-8-1-2-9-25/h3-5,7,11-12H,1-2,6,8-10,13H2. The molecule has 0 spiro atoms. The summed E-state index contributed by atoms with van der Waals surface area (Å²) in [4.78, 5) is 21.0. The lowest BCUT2D eigenvalue weighted by atomic mass is 9.95. The topological polar surface area (TPSA) is 36.4 Å². The van der Waals surface area contributed by atoms with Crippen LogP contribution in [0, 0.1) is 0 Å². The van der Waals surface area contributed by atoms with E-state index in [1.165, 1.54) is 6.07 Å². The van der Waals surface area contributed by atoms with Crippen LogP contribution in [0.3, 0.4) is 0 Å². The number of halogens is 3. The third kappa shape index (κ3) is 3.56. The lowest BCUT2D eigenvalue weighted by Crippen LogP contribution is -2.39. The first-order chi connectivity index (χ1) is 12.9. The summed E-state index contributed by atoms with van der Waals surface area (Å²) >= 11 is 0. The summed E-state index contributed by atoms with van der Waals surface area (Å²) in [6.45, 7) is 3.20. The Morgan fingerprint density at radius 3 is 2.59 bits per heavy atom. The summed E-state index contributed by atoms with van der Waals surface area (Å²) in [6.07, 6.45) is 1.72. The number of likely N-dealkylation sites (tertiary alicyclic amines) is 1. The van der Waals surface area contributed by atoms with Gasteiger partial charge in [-0.15, -0.1) is 0 Å². The number of hydrogen-bond acceptors (Lipinski definition) is 3. The van der Waals surface area contributed by atoms with Crippen molar-refractivity contribution >= 4 is 11.6 Å². The summed E-state index contributed by atoms with van der Waals surface area (Å²) in [6, 6.07) is 5.33. The maximum absolute atomic E-state index is 13.1. The fourth-order valence-corrected chi connectivity index (χ4v) is 3.85. The Bertz CT molecular complexity index is 860. The fourth-order valence-electron chi connectivity index (χ4n) is 3.85. The zero-order valence-electron chi connectivity index (χ0n) is 14.8. The van der Waals surface area contributed by atoms with E-state index in [4.69, 9.17) is 0 Å². The van der Waals surface area contributed by atoms with Crippen LogP contribution in [0.15, 0.2) is 36.7 Å². The van der Waals surface area contributed by atoms with Crippen LogP contribution in [-0.2, 0) is 19.1 Å². The summed E-state index contributed by atoms with van der Waals surface area (Å²) in [5.41, 5.74) is 1.68. The SMILES string of the molecule is O=C1c2cc(C(F)(F)F)ccc2CCN1c1cnccc1CN1CCCC1. The van der Waals surface area contributed by atoms with Crippen LogP contribution in [0.2, 0.25) is 0 Å². The third-order valence-corrected chi connectivity index (χ3v) is 5.29. The van der Waals surface area contributed by atoms with Gasteiger partial charge in [-0.3, -0.25) is 14.7 Å². The summed E-state index contributed by atoms with van der Waals surface area (Å²) in [7, 11) is 0. The lowest BCUT2D eigenvalue weighted by Gasteiger charge is -2.31. The molecule has 4 rings (SSSR count). The second kappa shape index (κ2) is 6.96. The van der Waals surface area contributed by atoms with E-state index in [0.29, 0.717) is 24.2 Å². The van der Waals surface area contributed by atoms with Crippen LogP contribution in [0.1, 0.15) is 39.9 Å². The van der Waals surface area contributed by atoms with E-state index >= 15 is 0 Å². The zero-order valence-corrected chi connectivity index (χ0v) is 14.8. The Morgan fingerprint density at radius 1 is 1.07 bits per heavy atom.